The molecular formula is C14H23N3. The Hall–Kier alpha value is -1.43. The van der Waals surface area contributed by atoms with Gasteiger partial charge in [-0.25, -0.2) is 0 Å². The predicted molar refractivity (Wildman–Crippen MR) is 73.0 cm³/mol. The number of aromatic nitrogens is 2. The maximum atomic E-state index is 4.44. The second kappa shape index (κ2) is 5.27. The van der Waals surface area contributed by atoms with Crippen LogP contribution in [0.25, 0.3) is 0 Å². The first-order chi connectivity index (χ1) is 7.79. The van der Waals surface area contributed by atoms with Crippen molar-refractivity contribution in [3.63, 3.8) is 0 Å². The third-order valence-electron chi connectivity index (χ3n) is 2.23. The van der Waals surface area contributed by atoms with E-state index in [2.05, 4.69) is 56.9 Å². The van der Waals surface area contributed by atoms with E-state index in [0.29, 0.717) is 12.5 Å². The molecule has 0 amide bonds. The summed E-state index contributed by atoms with van der Waals surface area (Å²) in [5.74, 6) is 6.78. The average molecular weight is 233 g/mol. The first kappa shape index (κ1) is 13.6. The van der Waals surface area contributed by atoms with Gasteiger partial charge in [0, 0.05) is 18.7 Å². The number of nitrogens with zero attached hydrogens (tertiary/aromatic N) is 2. The van der Waals surface area contributed by atoms with Gasteiger partial charge in [0.1, 0.15) is 0 Å². The average Bonchev–Trinajstić information content (AvgIpc) is 2.53. The second-order valence-corrected chi connectivity index (χ2v) is 5.66. The summed E-state index contributed by atoms with van der Waals surface area (Å²) >= 11 is 0. The van der Waals surface area contributed by atoms with Crippen molar-refractivity contribution >= 4 is 5.69 Å². The molecule has 0 saturated heterocycles. The summed E-state index contributed by atoms with van der Waals surface area (Å²) in [5, 5.41) is 7.77. The number of hydrogen-bond donors (Lipinski definition) is 1. The normalized spacial score (nSPS) is 11.2. The molecule has 1 N–H and O–H groups in total. The van der Waals surface area contributed by atoms with Gasteiger partial charge < -0.3 is 5.32 Å². The van der Waals surface area contributed by atoms with Crippen molar-refractivity contribution in [2.45, 2.75) is 40.5 Å². The van der Waals surface area contributed by atoms with Crippen molar-refractivity contribution in [1.29, 1.82) is 0 Å². The molecule has 0 bridgehead atoms. The van der Waals surface area contributed by atoms with Gasteiger partial charge in [0.05, 0.1) is 17.9 Å². The maximum absolute atomic E-state index is 4.44. The zero-order chi connectivity index (χ0) is 13.1. The second-order valence-electron chi connectivity index (χ2n) is 5.66. The SMILES string of the molecule is CC(C)c1nn(C)cc1NCC#CC(C)(C)C. The first-order valence-electron chi connectivity index (χ1n) is 6.07. The molecule has 1 rings (SSSR count). The van der Waals surface area contributed by atoms with Gasteiger partial charge in [-0.1, -0.05) is 25.7 Å². The maximum Gasteiger partial charge on any atom is 0.0881 e. The Labute approximate surface area is 105 Å². The fourth-order valence-electron chi connectivity index (χ4n) is 1.52. The Morgan fingerprint density at radius 3 is 2.59 bits per heavy atom. The summed E-state index contributed by atoms with van der Waals surface area (Å²) in [5.41, 5.74) is 2.26. The molecule has 0 radical (unpaired) electrons. The molecule has 0 fully saturated rings. The first-order valence-corrected chi connectivity index (χ1v) is 6.07. The monoisotopic (exact) mass is 233 g/mol. The van der Waals surface area contributed by atoms with Gasteiger partial charge >= 0.3 is 0 Å². The third-order valence-corrected chi connectivity index (χ3v) is 2.23. The standard InChI is InChI=1S/C14H23N3/c1-11(2)13-12(10-17(6)16-13)15-9-7-8-14(3,4)5/h10-11,15H,9H2,1-6H3. The van der Waals surface area contributed by atoms with Gasteiger partial charge in [0.2, 0.25) is 0 Å². The molecule has 0 atom stereocenters. The predicted octanol–water partition coefficient (Wildman–Crippen LogP) is 3.00. The lowest BCUT2D eigenvalue weighted by Gasteiger charge is -2.08. The van der Waals surface area contributed by atoms with Gasteiger partial charge in [-0.2, -0.15) is 5.10 Å². The number of nitrogens with one attached hydrogen (secondary N) is 1. The van der Waals surface area contributed by atoms with Crippen LogP contribution in [0.15, 0.2) is 6.20 Å². The largest absolute Gasteiger partial charge is 0.371 e. The molecule has 0 aliphatic heterocycles. The van der Waals surface area contributed by atoms with Crippen LogP contribution in [0.2, 0.25) is 0 Å². The van der Waals surface area contributed by atoms with Crippen LogP contribution in [0.4, 0.5) is 5.69 Å². The zero-order valence-electron chi connectivity index (χ0n) is 11.8. The number of anilines is 1. The molecule has 3 heteroatoms. The van der Waals surface area contributed by atoms with Crippen molar-refractivity contribution in [3.05, 3.63) is 11.9 Å². The fourth-order valence-corrected chi connectivity index (χ4v) is 1.52. The Balaban J connectivity index is 2.66. The number of hydrogen-bond acceptors (Lipinski definition) is 2. The van der Waals surface area contributed by atoms with E-state index in [1.54, 1.807) is 0 Å². The van der Waals surface area contributed by atoms with Crippen LogP contribution in [0, 0.1) is 17.3 Å². The summed E-state index contributed by atoms with van der Waals surface area (Å²) in [7, 11) is 1.94. The molecule has 94 valence electrons. The van der Waals surface area contributed by atoms with Crippen LogP contribution in [0.3, 0.4) is 0 Å². The molecule has 0 aromatic carbocycles. The Kier molecular flexibility index (Phi) is 4.22. The molecule has 0 unspecified atom stereocenters. The third kappa shape index (κ3) is 4.52. The van der Waals surface area contributed by atoms with E-state index >= 15 is 0 Å². The Bertz CT molecular complexity index is 425. The molecule has 17 heavy (non-hydrogen) atoms. The van der Waals surface area contributed by atoms with Crippen molar-refractivity contribution in [1.82, 2.24) is 9.78 Å². The summed E-state index contributed by atoms with van der Waals surface area (Å²) in [6, 6.07) is 0. The van der Waals surface area contributed by atoms with Crippen LogP contribution in [-0.2, 0) is 7.05 Å². The fraction of sp³-hybridized carbons (Fsp3) is 0.643. The lowest BCUT2D eigenvalue weighted by atomic mass is 9.98. The van der Waals surface area contributed by atoms with E-state index < -0.39 is 0 Å². The van der Waals surface area contributed by atoms with E-state index in [4.69, 9.17) is 0 Å². The van der Waals surface area contributed by atoms with E-state index in [1.807, 2.05) is 17.9 Å². The summed E-state index contributed by atoms with van der Waals surface area (Å²) in [4.78, 5) is 0. The van der Waals surface area contributed by atoms with E-state index in [9.17, 15) is 0 Å². The van der Waals surface area contributed by atoms with Crippen LogP contribution in [-0.4, -0.2) is 16.3 Å². The van der Waals surface area contributed by atoms with Gasteiger partial charge in [0.25, 0.3) is 0 Å². The van der Waals surface area contributed by atoms with Gasteiger partial charge in [0.15, 0.2) is 0 Å². The quantitative estimate of drug-likeness (QED) is 0.813. The summed E-state index contributed by atoms with van der Waals surface area (Å²) in [6.07, 6.45) is 2.01. The molecule has 1 heterocycles. The van der Waals surface area contributed by atoms with Crippen molar-refractivity contribution in [2.75, 3.05) is 11.9 Å². The topological polar surface area (TPSA) is 29.9 Å². The minimum Gasteiger partial charge on any atom is -0.371 e. The Morgan fingerprint density at radius 2 is 2.06 bits per heavy atom. The van der Waals surface area contributed by atoms with Crippen molar-refractivity contribution in [3.8, 4) is 11.8 Å². The summed E-state index contributed by atoms with van der Waals surface area (Å²) < 4.78 is 1.84. The van der Waals surface area contributed by atoms with Gasteiger partial charge in [-0.05, 0) is 26.7 Å². The molecule has 1 aromatic heterocycles. The van der Waals surface area contributed by atoms with E-state index in [0.717, 1.165) is 11.4 Å². The highest BCUT2D eigenvalue weighted by molar-refractivity contribution is 5.48. The highest BCUT2D eigenvalue weighted by atomic mass is 15.3. The highest BCUT2D eigenvalue weighted by Crippen LogP contribution is 2.21. The molecule has 0 aliphatic rings. The lowest BCUT2D eigenvalue weighted by Crippen LogP contribution is -2.04. The van der Waals surface area contributed by atoms with Crippen LogP contribution >= 0.6 is 0 Å². The molecule has 0 aliphatic carbocycles. The van der Waals surface area contributed by atoms with E-state index in [-0.39, 0.29) is 5.41 Å². The summed E-state index contributed by atoms with van der Waals surface area (Å²) in [6.45, 7) is 11.3. The number of rotatable bonds is 3. The number of aryl methyl sites for hydroxylation is 1. The molecule has 1 aromatic rings. The van der Waals surface area contributed by atoms with Crippen molar-refractivity contribution in [2.24, 2.45) is 12.5 Å². The van der Waals surface area contributed by atoms with Crippen molar-refractivity contribution < 1.29 is 0 Å². The van der Waals surface area contributed by atoms with Crippen LogP contribution < -0.4 is 5.32 Å². The van der Waals surface area contributed by atoms with Crippen LogP contribution in [0.1, 0.15) is 46.2 Å². The van der Waals surface area contributed by atoms with E-state index in [1.165, 1.54) is 0 Å². The molecule has 0 saturated carbocycles. The minimum atomic E-state index is 0.0670. The van der Waals surface area contributed by atoms with Crippen LogP contribution in [0.5, 0.6) is 0 Å². The smallest absolute Gasteiger partial charge is 0.0881 e. The highest BCUT2D eigenvalue weighted by Gasteiger charge is 2.10. The molecular weight excluding hydrogens is 210 g/mol. The molecule has 0 spiro atoms. The lowest BCUT2D eigenvalue weighted by molar-refractivity contribution is 0.570. The minimum absolute atomic E-state index is 0.0670. The Morgan fingerprint density at radius 1 is 1.41 bits per heavy atom. The van der Waals surface area contributed by atoms with Gasteiger partial charge in [-0.3, -0.25) is 4.68 Å². The van der Waals surface area contributed by atoms with Gasteiger partial charge in [-0.15, -0.1) is 0 Å². The molecule has 3 nitrogen and oxygen atoms in total. The zero-order valence-corrected chi connectivity index (χ0v) is 11.8.